The van der Waals surface area contributed by atoms with Gasteiger partial charge in [0.25, 0.3) is 0 Å². The van der Waals surface area contributed by atoms with Gasteiger partial charge in [-0.15, -0.1) is 0 Å². The summed E-state index contributed by atoms with van der Waals surface area (Å²) in [6.07, 6.45) is -18.0. The number of aliphatic hydroxyl groups is 2. The summed E-state index contributed by atoms with van der Waals surface area (Å²) in [4.78, 5) is 90.0. The zero-order valence-corrected chi connectivity index (χ0v) is 21.8. The Morgan fingerprint density at radius 2 is 0.639 bits per heavy atom. The van der Waals surface area contributed by atoms with Gasteiger partial charge < -0.3 is 59.1 Å². The first-order valence-electron chi connectivity index (χ1n) is 8.02. The maximum Gasteiger partial charge on any atom is 0.481 e. The monoisotopic (exact) mass is 660 g/mol. The van der Waals surface area contributed by atoms with E-state index in [9.17, 15) is 47.4 Å². The average molecular weight is 660 g/mol. The van der Waals surface area contributed by atoms with E-state index in [1.54, 1.807) is 0 Å². The topological polar surface area (TPSA) is 401 Å². The van der Waals surface area contributed by atoms with Crippen molar-refractivity contribution in [2.24, 2.45) is 0 Å². The van der Waals surface area contributed by atoms with Crippen LogP contribution in [-0.2, 0) is 54.1 Å². The highest BCUT2D eigenvalue weighted by Crippen LogP contribution is 2.62. The molecule has 0 aromatic carbocycles. The zero-order chi connectivity index (χ0) is 28.7. The molecule has 0 heterocycles. The van der Waals surface area contributed by atoms with Gasteiger partial charge >= 0.3 is 46.9 Å². The lowest BCUT2D eigenvalue weighted by atomic mass is 9.85. The Labute approximate surface area is 197 Å². The van der Waals surface area contributed by atoms with Crippen molar-refractivity contribution in [3.05, 3.63) is 0 Å². The summed E-state index contributed by atoms with van der Waals surface area (Å²) in [5.41, 5.74) is 0. The molecular weight excluding hydrogens is 642 g/mol. The van der Waals surface area contributed by atoms with Crippen molar-refractivity contribution in [2.75, 3.05) is 0 Å². The number of hydrogen-bond donors (Lipinski definition) is 12. The Bertz CT molecular complexity index is 1060. The van der Waals surface area contributed by atoms with Crippen LogP contribution in [0.15, 0.2) is 0 Å². The van der Waals surface area contributed by atoms with E-state index >= 15 is 0 Å². The van der Waals surface area contributed by atoms with Crippen molar-refractivity contribution in [3.63, 3.8) is 0 Å². The second-order valence-electron chi connectivity index (χ2n) is 6.32. The second kappa shape index (κ2) is 11.6. The molecule has 30 heteroatoms. The van der Waals surface area contributed by atoms with E-state index in [1.165, 1.54) is 0 Å². The summed E-state index contributed by atoms with van der Waals surface area (Å²) < 4.78 is 91.5. The van der Waals surface area contributed by atoms with Crippen molar-refractivity contribution in [3.8, 4) is 0 Å². The molecule has 0 spiro atoms. The Kier molecular flexibility index (Phi) is 11.2. The number of rotatable bonds is 12. The van der Waals surface area contributed by atoms with Crippen molar-refractivity contribution in [2.45, 2.75) is 36.6 Å². The molecule has 8 atom stereocenters. The molecule has 1 fully saturated rings. The van der Waals surface area contributed by atoms with E-state index in [0.29, 0.717) is 0 Å². The molecule has 12 N–H and O–H groups in total. The van der Waals surface area contributed by atoms with Crippen LogP contribution in [0.3, 0.4) is 0 Å². The van der Waals surface area contributed by atoms with Crippen LogP contribution in [0, 0.1) is 0 Å². The minimum Gasteiger partial charge on any atom is -0.387 e. The molecule has 0 saturated heterocycles. The van der Waals surface area contributed by atoms with Crippen LogP contribution in [0.2, 0.25) is 0 Å². The van der Waals surface area contributed by atoms with E-state index in [1.807, 2.05) is 0 Å². The Balaban J connectivity index is 3.71. The van der Waals surface area contributed by atoms with Crippen molar-refractivity contribution >= 4 is 46.9 Å². The van der Waals surface area contributed by atoms with Crippen LogP contribution < -0.4 is 0 Å². The highest BCUT2D eigenvalue weighted by Gasteiger charge is 2.60. The summed E-state index contributed by atoms with van der Waals surface area (Å²) in [5.74, 6) is 0. The number of aliphatic hydroxyl groups excluding tert-OH is 2. The molecule has 0 aromatic rings. The number of phosphoric ester groups is 4. The summed E-state index contributed by atoms with van der Waals surface area (Å²) in [7, 11) is -36.0. The molecule has 1 saturated carbocycles. The van der Waals surface area contributed by atoms with Gasteiger partial charge in [-0.2, -0.15) is 8.62 Å². The third-order valence-electron chi connectivity index (χ3n) is 3.44. The number of hydrogen-bond acceptors (Lipinski definition) is 14. The maximum atomic E-state index is 12.0. The third-order valence-corrected chi connectivity index (χ3v) is 8.85. The number of phosphoric acid groups is 6. The summed E-state index contributed by atoms with van der Waals surface area (Å²) in [6, 6.07) is 0. The summed E-state index contributed by atoms with van der Waals surface area (Å²) in [6.45, 7) is 0. The highest BCUT2D eigenvalue weighted by molar-refractivity contribution is 7.61. The van der Waals surface area contributed by atoms with Crippen molar-refractivity contribution < 1.29 is 113 Å². The zero-order valence-electron chi connectivity index (χ0n) is 16.4. The fourth-order valence-electron chi connectivity index (χ4n) is 2.57. The Morgan fingerprint density at radius 3 is 0.944 bits per heavy atom. The normalized spacial score (nSPS) is 32.0. The maximum absolute atomic E-state index is 12.0. The average Bonchev–Trinajstić information content (AvgIpc) is 2.52. The van der Waals surface area contributed by atoms with E-state index in [0.717, 1.165) is 0 Å². The Hall–Kier alpha value is 0.660. The van der Waals surface area contributed by atoms with Gasteiger partial charge in [-0.05, 0) is 0 Å². The van der Waals surface area contributed by atoms with Crippen LogP contribution in [0.1, 0.15) is 0 Å². The molecule has 0 aromatic heterocycles. The lowest BCUT2D eigenvalue weighted by Crippen LogP contribution is -2.65. The first kappa shape index (κ1) is 34.7. The van der Waals surface area contributed by atoms with Gasteiger partial charge in [0, 0.05) is 0 Å². The molecule has 0 aliphatic heterocycles. The van der Waals surface area contributed by atoms with Gasteiger partial charge in [-0.1, -0.05) is 0 Å². The molecule has 0 radical (unpaired) electrons. The summed E-state index contributed by atoms with van der Waals surface area (Å²) >= 11 is 0. The van der Waals surface area contributed by atoms with Crippen LogP contribution in [0.25, 0.3) is 0 Å². The first-order valence-corrected chi connectivity index (χ1v) is 17.1. The molecule has 36 heavy (non-hydrogen) atoms. The smallest absolute Gasteiger partial charge is 0.387 e. The lowest BCUT2D eigenvalue weighted by Gasteiger charge is -2.46. The quantitative estimate of drug-likeness (QED) is 0.0920. The van der Waals surface area contributed by atoms with E-state index < -0.39 is 83.6 Å². The van der Waals surface area contributed by atoms with Gasteiger partial charge in [-0.3, -0.25) is 18.1 Å². The molecule has 1 aliphatic rings. The van der Waals surface area contributed by atoms with Gasteiger partial charge in [0.2, 0.25) is 0 Å². The fourth-order valence-corrected chi connectivity index (χ4v) is 7.25. The molecule has 216 valence electrons. The molecule has 24 nitrogen and oxygen atoms in total. The van der Waals surface area contributed by atoms with Crippen LogP contribution >= 0.6 is 46.9 Å². The van der Waals surface area contributed by atoms with Crippen molar-refractivity contribution in [1.29, 1.82) is 0 Å². The first-order chi connectivity index (χ1) is 15.6. The van der Waals surface area contributed by atoms with Crippen molar-refractivity contribution in [1.82, 2.24) is 0 Å². The lowest BCUT2D eigenvalue weighted by molar-refractivity contribution is -0.208. The molecular formula is C6H18O24P6. The minimum atomic E-state index is -6.24. The van der Waals surface area contributed by atoms with E-state index in [2.05, 4.69) is 26.7 Å². The summed E-state index contributed by atoms with van der Waals surface area (Å²) in [5, 5.41) is 20.3. The largest absolute Gasteiger partial charge is 0.481 e. The SMILES string of the molecule is O=P(O)(O)O[C@H]1[C@@H](OP(=O)(O)OP(=O)(O)O)[C@H](OP(=O)(O)OP(=O)(O)O)[C@@H](O)[C@H](O)[C@H]1OP(=O)(O)O. The second-order valence-corrected chi connectivity index (χ2v) is 14.3. The Morgan fingerprint density at radius 1 is 0.389 bits per heavy atom. The predicted octanol–water partition coefficient (Wildman–Crippen LogP) is -3.13. The highest BCUT2D eigenvalue weighted by atomic mass is 31.3. The third kappa shape index (κ3) is 12.2. The molecule has 0 bridgehead atoms. The van der Waals surface area contributed by atoms with Crippen LogP contribution in [-0.4, -0.2) is 95.8 Å². The molecule has 1 rings (SSSR count). The van der Waals surface area contributed by atoms with Crippen LogP contribution in [0.4, 0.5) is 0 Å². The van der Waals surface area contributed by atoms with E-state index in [-0.39, 0.29) is 0 Å². The standard InChI is InChI=1S/C6H18O24P6/c7-1-2(8)4(27-35(21,22)29-33(15,16)17)6(28-36(23,24)30-34(18,19)20)5(26-32(12,13)14)3(1)25-31(9,10)11/h1-8H,(H,21,22)(H,23,24)(H2,9,10,11)(H2,12,13,14)(H2,15,16,17)(H2,18,19,20)/t1-,2-,3+,4+,5+,6-/m0/s1. The molecule has 0 amide bonds. The molecule has 1 aliphatic carbocycles. The van der Waals surface area contributed by atoms with Gasteiger partial charge in [0.05, 0.1) is 0 Å². The minimum absolute atomic E-state index is 2.88. The van der Waals surface area contributed by atoms with E-state index in [4.69, 9.17) is 39.1 Å². The predicted molar refractivity (Wildman–Crippen MR) is 102 cm³/mol. The van der Waals surface area contributed by atoms with Gasteiger partial charge in [-0.25, -0.2) is 27.4 Å². The van der Waals surface area contributed by atoms with Crippen LogP contribution in [0.5, 0.6) is 0 Å². The van der Waals surface area contributed by atoms with Gasteiger partial charge in [0.1, 0.15) is 36.6 Å². The van der Waals surface area contributed by atoms with Gasteiger partial charge in [0.15, 0.2) is 0 Å². The fraction of sp³-hybridized carbons (Fsp3) is 1.00. The molecule has 2 unspecified atom stereocenters.